The molecule has 1 saturated heterocycles. The van der Waals surface area contributed by atoms with Crippen LogP contribution >= 0.6 is 0 Å². The van der Waals surface area contributed by atoms with Gasteiger partial charge >= 0.3 is 5.97 Å². The maximum Gasteiger partial charge on any atom is 0.341 e. The Hall–Kier alpha value is -1.55. The van der Waals surface area contributed by atoms with Gasteiger partial charge in [0.05, 0.1) is 13.7 Å². The molecule has 0 saturated carbocycles. The minimum atomic E-state index is -0.873. The van der Waals surface area contributed by atoms with Gasteiger partial charge in [0.25, 0.3) is 0 Å². The van der Waals surface area contributed by atoms with Gasteiger partial charge in [-0.1, -0.05) is 32.0 Å². The highest BCUT2D eigenvalue weighted by atomic mass is 16.7. The van der Waals surface area contributed by atoms with Gasteiger partial charge in [0.2, 0.25) is 5.60 Å². The maximum atomic E-state index is 12.2. The topological polar surface area (TPSA) is 48.1 Å². The van der Waals surface area contributed by atoms with Crippen molar-refractivity contribution in [2.75, 3.05) is 13.7 Å². The van der Waals surface area contributed by atoms with Crippen LogP contribution in [0.3, 0.4) is 0 Å². The third-order valence-electron chi connectivity index (χ3n) is 4.23. The monoisotopic (exact) mass is 262 g/mol. The van der Waals surface area contributed by atoms with Crippen LogP contribution in [0, 0.1) is 5.92 Å². The molecule has 0 amide bonds. The van der Waals surface area contributed by atoms with E-state index in [1.54, 1.807) is 0 Å². The van der Waals surface area contributed by atoms with Crippen LogP contribution < -0.4 is 4.74 Å². The van der Waals surface area contributed by atoms with Crippen LogP contribution in [-0.2, 0) is 19.9 Å². The van der Waals surface area contributed by atoms with Crippen LogP contribution in [0.25, 0.3) is 0 Å². The molecule has 1 aromatic rings. The Bertz CT molecular complexity index is 525. The van der Waals surface area contributed by atoms with Crippen molar-refractivity contribution in [2.24, 2.45) is 5.92 Å². The predicted octanol–water partition coefficient (Wildman–Crippen LogP) is 2.26. The standard InChI is InChI=1S/C15H18O4/c1-10(2)15(13(16)17-3)14(19-15)8-9-18-12-7-5-4-6-11(12)14/h4-7,10H,8-9H2,1-3H3. The van der Waals surface area contributed by atoms with E-state index in [2.05, 4.69) is 0 Å². The van der Waals surface area contributed by atoms with Gasteiger partial charge in [-0.05, 0) is 12.0 Å². The average molecular weight is 262 g/mol. The van der Waals surface area contributed by atoms with Crippen molar-refractivity contribution < 1.29 is 19.0 Å². The zero-order valence-corrected chi connectivity index (χ0v) is 11.4. The van der Waals surface area contributed by atoms with Crippen molar-refractivity contribution in [1.29, 1.82) is 0 Å². The smallest absolute Gasteiger partial charge is 0.341 e. The van der Waals surface area contributed by atoms with Crippen LogP contribution in [0.2, 0.25) is 0 Å². The fourth-order valence-corrected chi connectivity index (χ4v) is 3.28. The van der Waals surface area contributed by atoms with E-state index in [-0.39, 0.29) is 11.9 Å². The predicted molar refractivity (Wildman–Crippen MR) is 68.9 cm³/mol. The normalized spacial score (nSPS) is 31.8. The Labute approximate surface area is 112 Å². The number of fused-ring (bicyclic) bond motifs is 2. The average Bonchev–Trinajstić information content (AvgIpc) is 3.09. The summed E-state index contributed by atoms with van der Waals surface area (Å²) in [5, 5.41) is 0. The van der Waals surface area contributed by atoms with Crippen LogP contribution in [0.5, 0.6) is 5.75 Å². The van der Waals surface area contributed by atoms with Crippen molar-refractivity contribution in [3.8, 4) is 5.75 Å². The summed E-state index contributed by atoms with van der Waals surface area (Å²) in [6, 6.07) is 7.76. The molecule has 0 radical (unpaired) electrons. The van der Waals surface area contributed by atoms with Crippen LogP contribution in [0.15, 0.2) is 24.3 Å². The van der Waals surface area contributed by atoms with E-state index in [0.717, 1.165) is 11.3 Å². The summed E-state index contributed by atoms with van der Waals surface area (Å²) in [4.78, 5) is 12.2. The van der Waals surface area contributed by atoms with Gasteiger partial charge in [0.15, 0.2) is 0 Å². The number of carbonyl (C=O) groups is 1. The summed E-state index contributed by atoms with van der Waals surface area (Å²) in [7, 11) is 1.41. The summed E-state index contributed by atoms with van der Waals surface area (Å²) in [6.07, 6.45) is 0.678. The minimum absolute atomic E-state index is 0.0473. The molecule has 19 heavy (non-hydrogen) atoms. The summed E-state index contributed by atoms with van der Waals surface area (Å²) in [5.41, 5.74) is -0.495. The molecular formula is C15H18O4. The molecule has 1 spiro atoms. The van der Waals surface area contributed by atoms with Gasteiger partial charge in [0, 0.05) is 12.0 Å². The van der Waals surface area contributed by atoms with Crippen molar-refractivity contribution >= 4 is 5.97 Å². The van der Waals surface area contributed by atoms with E-state index < -0.39 is 11.2 Å². The molecule has 2 aliphatic heterocycles. The van der Waals surface area contributed by atoms with Gasteiger partial charge in [-0.15, -0.1) is 0 Å². The van der Waals surface area contributed by atoms with E-state index >= 15 is 0 Å². The Morgan fingerprint density at radius 3 is 2.79 bits per heavy atom. The molecule has 2 atom stereocenters. The van der Waals surface area contributed by atoms with Crippen molar-refractivity contribution in [3.63, 3.8) is 0 Å². The van der Waals surface area contributed by atoms with Gasteiger partial charge in [-0.2, -0.15) is 0 Å². The van der Waals surface area contributed by atoms with Gasteiger partial charge in [-0.25, -0.2) is 4.79 Å². The highest BCUT2D eigenvalue weighted by molar-refractivity contribution is 5.86. The molecule has 4 heteroatoms. The number of benzene rings is 1. The fraction of sp³-hybridized carbons (Fsp3) is 0.533. The van der Waals surface area contributed by atoms with E-state index in [1.165, 1.54) is 7.11 Å². The number of epoxide rings is 1. The second-order valence-corrected chi connectivity index (χ2v) is 5.41. The number of hydrogen-bond donors (Lipinski definition) is 0. The lowest BCUT2D eigenvalue weighted by molar-refractivity contribution is -0.148. The molecule has 0 bridgehead atoms. The van der Waals surface area contributed by atoms with E-state index in [9.17, 15) is 4.79 Å². The Morgan fingerprint density at radius 1 is 1.37 bits per heavy atom. The molecule has 4 nitrogen and oxygen atoms in total. The largest absolute Gasteiger partial charge is 0.493 e. The van der Waals surface area contributed by atoms with Gasteiger partial charge < -0.3 is 14.2 Å². The molecule has 2 unspecified atom stereocenters. The molecule has 2 aliphatic rings. The third-order valence-corrected chi connectivity index (χ3v) is 4.23. The number of esters is 1. The van der Waals surface area contributed by atoms with Crippen molar-refractivity contribution in [3.05, 3.63) is 29.8 Å². The number of para-hydroxylation sites is 1. The van der Waals surface area contributed by atoms with Crippen LogP contribution in [0.4, 0.5) is 0 Å². The summed E-state index contributed by atoms with van der Waals surface area (Å²) < 4.78 is 16.6. The van der Waals surface area contributed by atoms with Gasteiger partial charge in [0.1, 0.15) is 11.4 Å². The molecule has 2 heterocycles. The number of ether oxygens (including phenoxy) is 3. The zero-order valence-electron chi connectivity index (χ0n) is 11.4. The van der Waals surface area contributed by atoms with Crippen LogP contribution in [-0.4, -0.2) is 25.3 Å². The molecule has 1 fully saturated rings. The molecule has 102 valence electrons. The Kier molecular flexibility index (Phi) is 2.61. The zero-order chi connectivity index (χ0) is 13.7. The highest BCUT2D eigenvalue weighted by Gasteiger charge is 2.78. The summed E-state index contributed by atoms with van der Waals surface area (Å²) in [6.45, 7) is 4.54. The second kappa shape index (κ2) is 3.97. The SMILES string of the molecule is COC(=O)C1(C(C)C)OC12CCOc1ccccc12. The molecule has 3 rings (SSSR count). The number of carbonyl (C=O) groups excluding carboxylic acids is 1. The van der Waals surface area contributed by atoms with Crippen molar-refractivity contribution in [2.45, 2.75) is 31.5 Å². The fourth-order valence-electron chi connectivity index (χ4n) is 3.28. The molecule has 0 N–H and O–H groups in total. The third kappa shape index (κ3) is 1.40. The first-order chi connectivity index (χ1) is 9.08. The first-order valence-corrected chi connectivity index (χ1v) is 6.59. The first-order valence-electron chi connectivity index (χ1n) is 6.59. The lowest BCUT2D eigenvalue weighted by Crippen LogP contribution is -2.40. The molecule has 0 aliphatic carbocycles. The van der Waals surface area contributed by atoms with Crippen molar-refractivity contribution in [1.82, 2.24) is 0 Å². The molecular weight excluding hydrogens is 244 g/mol. The summed E-state index contributed by atoms with van der Waals surface area (Å²) in [5.74, 6) is 0.561. The molecule has 1 aromatic carbocycles. The van der Waals surface area contributed by atoms with E-state index in [4.69, 9.17) is 14.2 Å². The Balaban J connectivity index is 2.10. The Morgan fingerprint density at radius 2 is 2.11 bits per heavy atom. The lowest BCUT2D eigenvalue weighted by Gasteiger charge is -2.27. The number of hydrogen-bond acceptors (Lipinski definition) is 4. The number of methoxy groups -OCH3 is 1. The molecule has 0 aromatic heterocycles. The first kappa shape index (κ1) is 12.5. The quantitative estimate of drug-likeness (QED) is 0.606. The second-order valence-electron chi connectivity index (χ2n) is 5.41. The minimum Gasteiger partial charge on any atom is -0.493 e. The van der Waals surface area contributed by atoms with Crippen LogP contribution in [0.1, 0.15) is 25.8 Å². The lowest BCUT2D eigenvalue weighted by atomic mass is 9.76. The number of rotatable bonds is 2. The maximum absolute atomic E-state index is 12.2. The van der Waals surface area contributed by atoms with E-state index in [1.807, 2.05) is 38.1 Å². The summed E-state index contributed by atoms with van der Waals surface area (Å²) >= 11 is 0. The van der Waals surface area contributed by atoms with Gasteiger partial charge in [-0.3, -0.25) is 0 Å². The van der Waals surface area contributed by atoms with E-state index in [0.29, 0.717) is 13.0 Å². The highest BCUT2D eigenvalue weighted by Crippen LogP contribution is 2.65.